The standard InChI is InChI=1S/C15H21FN2O/c1-19-15(14(17)10-16)13-4-2-11(3-5-13)12-6-8-18-9-7-12/h2-6,14-15,18H,7-10,17H2,1H3. The van der Waals surface area contributed by atoms with Crippen LogP contribution in [0.25, 0.3) is 5.57 Å². The lowest BCUT2D eigenvalue weighted by atomic mass is 9.96. The van der Waals surface area contributed by atoms with E-state index in [9.17, 15) is 4.39 Å². The summed E-state index contributed by atoms with van der Waals surface area (Å²) in [6, 6.07) is 7.45. The molecule has 2 atom stereocenters. The highest BCUT2D eigenvalue weighted by molar-refractivity contribution is 5.66. The van der Waals surface area contributed by atoms with E-state index in [-0.39, 0.29) is 6.10 Å². The van der Waals surface area contributed by atoms with E-state index in [4.69, 9.17) is 10.5 Å². The van der Waals surface area contributed by atoms with Crippen molar-refractivity contribution in [3.8, 4) is 0 Å². The highest BCUT2D eigenvalue weighted by Crippen LogP contribution is 2.24. The van der Waals surface area contributed by atoms with Gasteiger partial charge in [-0.15, -0.1) is 0 Å². The molecule has 0 saturated heterocycles. The Morgan fingerprint density at radius 1 is 1.37 bits per heavy atom. The van der Waals surface area contributed by atoms with Gasteiger partial charge < -0.3 is 15.8 Å². The van der Waals surface area contributed by atoms with Gasteiger partial charge in [-0.25, -0.2) is 4.39 Å². The van der Waals surface area contributed by atoms with E-state index in [2.05, 4.69) is 23.5 Å². The Labute approximate surface area is 113 Å². The summed E-state index contributed by atoms with van der Waals surface area (Å²) in [7, 11) is 1.56. The highest BCUT2D eigenvalue weighted by atomic mass is 19.1. The van der Waals surface area contributed by atoms with Crippen molar-refractivity contribution in [1.29, 1.82) is 0 Å². The summed E-state index contributed by atoms with van der Waals surface area (Å²) in [5.74, 6) is 0. The van der Waals surface area contributed by atoms with Crippen LogP contribution in [0.3, 0.4) is 0 Å². The Bertz CT molecular complexity index is 430. The number of hydrogen-bond acceptors (Lipinski definition) is 3. The first-order valence-corrected chi connectivity index (χ1v) is 6.60. The lowest BCUT2D eigenvalue weighted by Crippen LogP contribution is -2.31. The van der Waals surface area contributed by atoms with Gasteiger partial charge in [0.15, 0.2) is 0 Å². The van der Waals surface area contributed by atoms with Gasteiger partial charge in [0, 0.05) is 13.7 Å². The molecule has 19 heavy (non-hydrogen) atoms. The number of rotatable bonds is 5. The van der Waals surface area contributed by atoms with E-state index in [0.717, 1.165) is 25.1 Å². The summed E-state index contributed by atoms with van der Waals surface area (Å²) in [6.07, 6.45) is 2.86. The molecular formula is C15H21FN2O. The minimum atomic E-state index is -0.617. The van der Waals surface area contributed by atoms with Crippen LogP contribution in [0, 0.1) is 0 Å². The fraction of sp³-hybridized carbons (Fsp3) is 0.467. The van der Waals surface area contributed by atoms with Gasteiger partial charge in [0.1, 0.15) is 6.67 Å². The lowest BCUT2D eigenvalue weighted by molar-refractivity contribution is 0.0721. The van der Waals surface area contributed by atoms with Crippen molar-refractivity contribution < 1.29 is 9.13 Å². The molecule has 0 fully saturated rings. The van der Waals surface area contributed by atoms with Crippen LogP contribution in [0.1, 0.15) is 23.7 Å². The van der Waals surface area contributed by atoms with Crippen molar-refractivity contribution in [1.82, 2.24) is 5.32 Å². The van der Waals surface area contributed by atoms with E-state index < -0.39 is 12.7 Å². The minimum absolute atomic E-state index is 0.388. The molecule has 0 aliphatic carbocycles. The summed E-state index contributed by atoms with van der Waals surface area (Å²) in [5.41, 5.74) is 9.22. The van der Waals surface area contributed by atoms with Crippen molar-refractivity contribution in [2.24, 2.45) is 5.73 Å². The summed E-state index contributed by atoms with van der Waals surface area (Å²) in [5, 5.41) is 3.29. The molecule has 2 rings (SSSR count). The van der Waals surface area contributed by atoms with E-state index in [0.29, 0.717) is 0 Å². The van der Waals surface area contributed by atoms with Crippen LogP contribution in [-0.4, -0.2) is 32.9 Å². The molecule has 2 unspecified atom stereocenters. The molecule has 1 aromatic rings. The average Bonchev–Trinajstić information content (AvgIpc) is 2.49. The molecule has 0 aromatic heterocycles. The van der Waals surface area contributed by atoms with Crippen LogP contribution in [0.5, 0.6) is 0 Å². The third-order valence-electron chi connectivity index (χ3n) is 3.49. The van der Waals surface area contributed by atoms with Gasteiger partial charge in [0.25, 0.3) is 0 Å². The second-order valence-corrected chi connectivity index (χ2v) is 4.78. The molecule has 0 spiro atoms. The van der Waals surface area contributed by atoms with Crippen molar-refractivity contribution in [3.63, 3.8) is 0 Å². The predicted octanol–water partition coefficient (Wildman–Crippen LogP) is 2.05. The number of ether oxygens (including phenoxy) is 1. The Morgan fingerprint density at radius 3 is 2.63 bits per heavy atom. The Balaban J connectivity index is 2.15. The quantitative estimate of drug-likeness (QED) is 0.855. The first kappa shape index (κ1) is 14.2. The van der Waals surface area contributed by atoms with Crippen molar-refractivity contribution in [2.45, 2.75) is 18.6 Å². The number of nitrogens with two attached hydrogens (primary N) is 1. The molecular weight excluding hydrogens is 243 g/mol. The maximum absolute atomic E-state index is 12.7. The zero-order valence-electron chi connectivity index (χ0n) is 11.2. The Kier molecular flexibility index (Phi) is 5.07. The lowest BCUT2D eigenvalue weighted by Gasteiger charge is -2.21. The van der Waals surface area contributed by atoms with Crippen LogP contribution >= 0.6 is 0 Å². The van der Waals surface area contributed by atoms with Crippen LogP contribution in [0.15, 0.2) is 30.3 Å². The molecule has 0 saturated carbocycles. The molecule has 3 N–H and O–H groups in total. The summed E-state index contributed by atoms with van der Waals surface area (Å²) in [4.78, 5) is 0. The fourth-order valence-corrected chi connectivity index (χ4v) is 2.41. The second-order valence-electron chi connectivity index (χ2n) is 4.78. The van der Waals surface area contributed by atoms with Crippen LogP contribution in [0.2, 0.25) is 0 Å². The number of methoxy groups -OCH3 is 1. The van der Waals surface area contributed by atoms with Crippen LogP contribution < -0.4 is 11.1 Å². The van der Waals surface area contributed by atoms with Crippen LogP contribution in [-0.2, 0) is 4.74 Å². The SMILES string of the molecule is COC(c1ccc(C2=CCNCC2)cc1)C(N)CF. The van der Waals surface area contributed by atoms with E-state index in [1.54, 1.807) is 7.11 Å². The second kappa shape index (κ2) is 6.80. The maximum atomic E-state index is 12.7. The van der Waals surface area contributed by atoms with Gasteiger partial charge in [-0.1, -0.05) is 30.3 Å². The number of halogens is 1. The van der Waals surface area contributed by atoms with E-state index in [1.165, 1.54) is 11.1 Å². The molecule has 104 valence electrons. The topological polar surface area (TPSA) is 47.3 Å². The maximum Gasteiger partial charge on any atom is 0.107 e. The predicted molar refractivity (Wildman–Crippen MR) is 75.6 cm³/mol. The largest absolute Gasteiger partial charge is 0.375 e. The molecule has 1 aliphatic heterocycles. The Morgan fingerprint density at radius 2 is 2.11 bits per heavy atom. The fourth-order valence-electron chi connectivity index (χ4n) is 2.41. The Hall–Kier alpha value is -1.23. The molecule has 1 aromatic carbocycles. The monoisotopic (exact) mass is 264 g/mol. The molecule has 4 heteroatoms. The molecule has 1 heterocycles. The van der Waals surface area contributed by atoms with Crippen molar-refractivity contribution in [2.75, 3.05) is 26.9 Å². The summed E-state index contributed by atoms with van der Waals surface area (Å²) in [6.45, 7) is 1.35. The number of benzene rings is 1. The van der Waals surface area contributed by atoms with Gasteiger partial charge in [-0.05, 0) is 29.7 Å². The van der Waals surface area contributed by atoms with Crippen molar-refractivity contribution in [3.05, 3.63) is 41.5 Å². The van der Waals surface area contributed by atoms with E-state index in [1.807, 2.05) is 12.1 Å². The molecule has 3 nitrogen and oxygen atoms in total. The van der Waals surface area contributed by atoms with Gasteiger partial charge in [-0.3, -0.25) is 0 Å². The normalized spacial score (nSPS) is 18.8. The summed E-state index contributed by atoms with van der Waals surface area (Å²) >= 11 is 0. The number of alkyl halides is 1. The van der Waals surface area contributed by atoms with Gasteiger partial charge in [-0.2, -0.15) is 0 Å². The summed E-state index contributed by atoms with van der Waals surface area (Å²) < 4.78 is 17.9. The molecule has 1 aliphatic rings. The van der Waals surface area contributed by atoms with Gasteiger partial charge in [0.05, 0.1) is 12.1 Å². The molecule has 0 bridgehead atoms. The number of hydrogen-bond donors (Lipinski definition) is 2. The minimum Gasteiger partial charge on any atom is -0.375 e. The third-order valence-corrected chi connectivity index (χ3v) is 3.49. The molecule has 0 radical (unpaired) electrons. The van der Waals surface area contributed by atoms with E-state index >= 15 is 0 Å². The van der Waals surface area contributed by atoms with Gasteiger partial charge in [0.2, 0.25) is 0 Å². The molecule has 0 amide bonds. The zero-order valence-corrected chi connectivity index (χ0v) is 11.2. The first-order chi connectivity index (χ1) is 9.26. The zero-order chi connectivity index (χ0) is 13.7. The highest BCUT2D eigenvalue weighted by Gasteiger charge is 2.19. The van der Waals surface area contributed by atoms with Crippen LogP contribution in [0.4, 0.5) is 4.39 Å². The average molecular weight is 264 g/mol. The first-order valence-electron chi connectivity index (χ1n) is 6.60. The van der Waals surface area contributed by atoms with Gasteiger partial charge >= 0.3 is 0 Å². The third kappa shape index (κ3) is 3.41. The number of nitrogens with one attached hydrogen (secondary N) is 1. The smallest absolute Gasteiger partial charge is 0.107 e. The van der Waals surface area contributed by atoms with Crippen molar-refractivity contribution >= 4 is 5.57 Å².